The van der Waals surface area contributed by atoms with Crippen molar-refractivity contribution in [3.05, 3.63) is 78.4 Å². The van der Waals surface area contributed by atoms with Crippen molar-refractivity contribution in [1.29, 1.82) is 0 Å². The molecule has 0 amide bonds. The van der Waals surface area contributed by atoms with Crippen LogP contribution in [-0.4, -0.2) is 24.9 Å². The van der Waals surface area contributed by atoms with Gasteiger partial charge in [-0.25, -0.2) is 4.98 Å². The maximum Gasteiger partial charge on any atom is 0.324 e. The van der Waals surface area contributed by atoms with Crippen LogP contribution in [-0.2, 0) is 0 Å². The summed E-state index contributed by atoms with van der Waals surface area (Å²) >= 11 is 1.63. The molecule has 26 heavy (non-hydrogen) atoms. The van der Waals surface area contributed by atoms with Gasteiger partial charge in [0.2, 0.25) is 0 Å². The number of aromatic nitrogens is 1. The van der Waals surface area contributed by atoms with Gasteiger partial charge in [-0.3, -0.25) is 30.3 Å². The first-order valence-corrected chi connectivity index (χ1v) is 7.65. The fourth-order valence-corrected chi connectivity index (χ4v) is 2.08. The van der Waals surface area contributed by atoms with Crippen LogP contribution in [0.15, 0.2) is 53.0 Å². The number of aromatic hydroxyl groups is 1. The maximum absolute atomic E-state index is 10.4. The Hall–Kier alpha value is -3.54. The molecule has 0 radical (unpaired) electrons. The summed E-state index contributed by atoms with van der Waals surface area (Å²) in [5.74, 6) is -1.21. The third-order valence-corrected chi connectivity index (χ3v) is 3.51. The molecule has 0 saturated carbocycles. The number of pyridine rings is 1. The molecular weight excluding hydrogens is 368 g/mol. The number of benzene rings is 1. The number of nitrogens with zero attached hydrogens (tertiary/aromatic N) is 4. The normalized spacial score (nSPS) is 10.0. The smallest absolute Gasteiger partial charge is 0.324 e. The molecule has 2 rings (SSSR count). The van der Waals surface area contributed by atoms with Crippen LogP contribution in [0.2, 0.25) is 0 Å². The van der Waals surface area contributed by atoms with E-state index in [-0.39, 0.29) is 0 Å². The molecule has 0 atom stereocenters. The minimum Gasteiger partial charge on any atom is -0.497 e. The highest BCUT2D eigenvalue weighted by Crippen LogP contribution is 2.38. The highest BCUT2D eigenvalue weighted by atomic mass is 32.2. The van der Waals surface area contributed by atoms with E-state index in [1.165, 1.54) is 0 Å². The molecule has 0 aliphatic rings. The average Bonchev–Trinajstić information content (AvgIpc) is 2.60. The SMILES string of the molecule is C/C=C/Sc1ccccn1.O=[N+]([O-])c1cc([N+](=O)[O-])c(O)c([N+](=O)[O-])c1. The lowest BCUT2D eigenvalue weighted by molar-refractivity contribution is -0.404. The quantitative estimate of drug-likeness (QED) is 0.461. The van der Waals surface area contributed by atoms with E-state index in [2.05, 4.69) is 4.98 Å². The fourth-order valence-electron chi connectivity index (χ4n) is 1.53. The van der Waals surface area contributed by atoms with E-state index < -0.39 is 37.6 Å². The molecular formula is C14H12N4O7S. The van der Waals surface area contributed by atoms with Crippen molar-refractivity contribution in [2.75, 3.05) is 0 Å². The van der Waals surface area contributed by atoms with Gasteiger partial charge in [0, 0.05) is 6.20 Å². The molecule has 0 saturated heterocycles. The Morgan fingerprint density at radius 1 is 1.04 bits per heavy atom. The summed E-state index contributed by atoms with van der Waals surface area (Å²) in [5.41, 5.74) is -3.00. The summed E-state index contributed by atoms with van der Waals surface area (Å²) in [4.78, 5) is 31.9. The Balaban J connectivity index is 0.000000289. The van der Waals surface area contributed by atoms with E-state index >= 15 is 0 Å². The number of phenolic OH excluding ortho intramolecular Hbond substituents is 1. The number of hydrogen-bond acceptors (Lipinski definition) is 9. The van der Waals surface area contributed by atoms with Crippen LogP contribution in [0.3, 0.4) is 0 Å². The van der Waals surface area contributed by atoms with E-state index in [4.69, 9.17) is 5.11 Å². The highest BCUT2D eigenvalue weighted by molar-refractivity contribution is 8.02. The van der Waals surface area contributed by atoms with Gasteiger partial charge < -0.3 is 5.11 Å². The molecule has 1 aromatic heterocycles. The number of non-ortho nitro benzene ring substituents is 1. The maximum atomic E-state index is 10.4. The molecule has 0 aliphatic heterocycles. The highest BCUT2D eigenvalue weighted by Gasteiger charge is 2.30. The van der Waals surface area contributed by atoms with Crippen LogP contribution in [0.25, 0.3) is 0 Å². The third-order valence-electron chi connectivity index (χ3n) is 2.62. The second-order valence-electron chi connectivity index (χ2n) is 4.36. The second kappa shape index (κ2) is 9.68. The number of rotatable bonds is 5. The number of phenols is 1. The van der Waals surface area contributed by atoms with Gasteiger partial charge in [-0.2, -0.15) is 0 Å². The van der Waals surface area contributed by atoms with Crippen LogP contribution >= 0.6 is 11.8 Å². The molecule has 0 spiro atoms. The third kappa shape index (κ3) is 5.83. The zero-order valence-corrected chi connectivity index (χ0v) is 14.0. The molecule has 136 valence electrons. The topological polar surface area (TPSA) is 163 Å². The Morgan fingerprint density at radius 2 is 1.62 bits per heavy atom. The molecule has 0 unspecified atom stereocenters. The molecule has 0 aliphatic carbocycles. The van der Waals surface area contributed by atoms with Crippen LogP contribution < -0.4 is 0 Å². The van der Waals surface area contributed by atoms with Crippen molar-refractivity contribution < 1.29 is 19.9 Å². The molecule has 0 fully saturated rings. The van der Waals surface area contributed by atoms with Crippen molar-refractivity contribution in [2.45, 2.75) is 11.9 Å². The van der Waals surface area contributed by atoms with Crippen molar-refractivity contribution in [2.24, 2.45) is 0 Å². The summed E-state index contributed by atoms with van der Waals surface area (Å²) in [6.45, 7) is 2.00. The van der Waals surface area contributed by atoms with Crippen LogP contribution in [0.1, 0.15) is 6.92 Å². The first-order valence-electron chi connectivity index (χ1n) is 6.77. The Bertz CT molecular complexity index is 807. The Kier molecular flexibility index (Phi) is 7.64. The number of allylic oxidation sites excluding steroid dienone is 1. The molecule has 11 nitrogen and oxygen atoms in total. The minimum atomic E-state index is -1.21. The lowest BCUT2D eigenvalue weighted by Crippen LogP contribution is -1.97. The van der Waals surface area contributed by atoms with Gasteiger partial charge in [0.25, 0.3) is 11.4 Å². The molecule has 2 aromatic rings. The van der Waals surface area contributed by atoms with Gasteiger partial charge in [-0.15, -0.1) is 0 Å². The van der Waals surface area contributed by atoms with Gasteiger partial charge >= 0.3 is 11.4 Å². The fraction of sp³-hybridized carbons (Fsp3) is 0.0714. The van der Waals surface area contributed by atoms with Crippen LogP contribution in [0.5, 0.6) is 5.75 Å². The zero-order chi connectivity index (χ0) is 19.7. The van der Waals surface area contributed by atoms with Crippen LogP contribution in [0, 0.1) is 30.3 Å². The van der Waals surface area contributed by atoms with E-state index in [9.17, 15) is 30.3 Å². The predicted octanol–water partition coefficient (Wildman–Crippen LogP) is 3.82. The Morgan fingerprint density at radius 3 is 2.00 bits per heavy atom. The van der Waals surface area contributed by atoms with E-state index in [1.807, 2.05) is 36.6 Å². The monoisotopic (exact) mass is 380 g/mol. The summed E-state index contributed by atoms with van der Waals surface area (Å²) in [6.07, 6.45) is 3.80. The average molecular weight is 380 g/mol. The lowest BCUT2D eigenvalue weighted by atomic mass is 10.2. The summed E-state index contributed by atoms with van der Waals surface area (Å²) in [5, 5.41) is 43.3. The lowest BCUT2D eigenvalue weighted by Gasteiger charge is -1.97. The molecule has 1 aromatic carbocycles. The van der Waals surface area contributed by atoms with Crippen molar-refractivity contribution in [3.8, 4) is 5.75 Å². The first-order chi connectivity index (χ1) is 12.3. The molecule has 1 N–H and O–H groups in total. The van der Waals surface area contributed by atoms with E-state index in [0.29, 0.717) is 12.1 Å². The summed E-state index contributed by atoms with van der Waals surface area (Å²) < 4.78 is 0. The van der Waals surface area contributed by atoms with Gasteiger partial charge in [-0.05, 0) is 24.5 Å². The number of nitro groups is 3. The van der Waals surface area contributed by atoms with Crippen molar-refractivity contribution in [1.82, 2.24) is 4.98 Å². The molecule has 1 heterocycles. The second-order valence-corrected chi connectivity index (χ2v) is 5.29. The van der Waals surface area contributed by atoms with Gasteiger partial charge in [0.1, 0.15) is 5.03 Å². The van der Waals surface area contributed by atoms with Crippen LogP contribution in [0.4, 0.5) is 17.1 Å². The minimum absolute atomic E-state index is 0.447. The van der Waals surface area contributed by atoms with Gasteiger partial charge in [-0.1, -0.05) is 23.9 Å². The van der Waals surface area contributed by atoms with E-state index in [0.717, 1.165) is 5.03 Å². The predicted molar refractivity (Wildman–Crippen MR) is 93.0 cm³/mol. The number of hydrogen-bond donors (Lipinski definition) is 1. The first kappa shape index (κ1) is 20.5. The van der Waals surface area contributed by atoms with Gasteiger partial charge in [0.05, 0.1) is 26.9 Å². The zero-order valence-electron chi connectivity index (χ0n) is 13.2. The number of nitro benzene ring substituents is 3. The van der Waals surface area contributed by atoms with Gasteiger partial charge in [0.15, 0.2) is 0 Å². The number of thioether (sulfide) groups is 1. The van der Waals surface area contributed by atoms with E-state index in [1.54, 1.807) is 18.0 Å². The largest absolute Gasteiger partial charge is 0.497 e. The van der Waals surface area contributed by atoms with Crippen molar-refractivity contribution in [3.63, 3.8) is 0 Å². The standard InChI is InChI=1S/C8H9NS.C6H3N3O7/c1-2-7-10-8-5-3-4-6-9-8;10-6-4(8(13)14)1-3(7(11)12)2-5(6)9(15)16/h2-7H,1H3;1-2,10H/b7-2+;. The summed E-state index contributed by atoms with van der Waals surface area (Å²) in [7, 11) is 0. The molecule has 0 bridgehead atoms. The molecule has 12 heteroatoms. The summed E-state index contributed by atoms with van der Waals surface area (Å²) in [6, 6.07) is 6.79. The van der Waals surface area contributed by atoms with Crippen molar-refractivity contribution >= 4 is 28.8 Å². The Labute approximate surface area is 150 Å².